The molecule has 152 valence electrons. The van der Waals surface area contributed by atoms with E-state index in [1.807, 2.05) is 29.2 Å². The molecule has 0 radical (unpaired) electrons. The van der Waals surface area contributed by atoms with Crippen molar-refractivity contribution >= 4 is 23.0 Å². The molecule has 2 heterocycles. The Morgan fingerprint density at radius 1 is 1.07 bits per heavy atom. The summed E-state index contributed by atoms with van der Waals surface area (Å²) in [7, 11) is 3.02. The van der Waals surface area contributed by atoms with Crippen molar-refractivity contribution < 1.29 is 23.8 Å². The number of hydrogen-bond donors (Lipinski definition) is 1. The Balaban J connectivity index is 1.58. The Labute approximate surface area is 168 Å². The molecule has 0 bridgehead atoms. The number of β-amino-alcohol motifs (C(OH)–C–C–N with tert-alkyl or cyclic N) is 1. The maximum atomic E-state index is 13.2. The summed E-state index contributed by atoms with van der Waals surface area (Å²) in [6.45, 7) is 1.39. The van der Waals surface area contributed by atoms with E-state index in [0.717, 1.165) is 5.52 Å². The van der Waals surface area contributed by atoms with Crippen molar-refractivity contribution in [3.8, 4) is 11.5 Å². The number of carbonyl (C=O) groups is 1. The normalized spacial score (nSPS) is 17.3. The number of methoxy groups -OCH3 is 2. The second kappa shape index (κ2) is 8.00. The Hall–Kier alpha value is -3.26. The number of oxazole rings is 1. The number of benzene rings is 2. The molecule has 0 saturated carbocycles. The summed E-state index contributed by atoms with van der Waals surface area (Å²) in [6.07, 6.45) is -0.753. The maximum absolute atomic E-state index is 13.2. The number of carbonyl (C=O) groups excluding carboxylic acids is 1. The smallest absolute Gasteiger partial charge is 0.298 e. The lowest BCUT2D eigenvalue weighted by molar-refractivity contribution is 0.0667. The minimum atomic E-state index is -0.753. The van der Waals surface area contributed by atoms with Gasteiger partial charge in [-0.15, -0.1) is 0 Å². The number of aliphatic hydroxyl groups excluding tert-OH is 1. The first kappa shape index (κ1) is 19.1. The van der Waals surface area contributed by atoms with Crippen LogP contribution in [0.1, 0.15) is 10.4 Å². The molecule has 2 aromatic carbocycles. The second-order valence-electron chi connectivity index (χ2n) is 6.85. The molecule has 1 atom stereocenters. The zero-order chi connectivity index (χ0) is 20.4. The predicted molar refractivity (Wildman–Crippen MR) is 108 cm³/mol. The molecule has 1 saturated heterocycles. The molecule has 8 heteroatoms. The molecule has 1 amide bonds. The van der Waals surface area contributed by atoms with E-state index in [1.165, 1.54) is 14.2 Å². The number of para-hydroxylation sites is 2. The van der Waals surface area contributed by atoms with Crippen LogP contribution in [0.15, 0.2) is 46.9 Å². The minimum Gasteiger partial charge on any atom is -0.496 e. The van der Waals surface area contributed by atoms with E-state index < -0.39 is 6.10 Å². The van der Waals surface area contributed by atoms with Gasteiger partial charge in [0.1, 0.15) is 22.6 Å². The van der Waals surface area contributed by atoms with Crippen LogP contribution in [0.3, 0.4) is 0 Å². The highest BCUT2D eigenvalue weighted by molar-refractivity contribution is 5.99. The number of aliphatic hydroxyl groups is 1. The predicted octanol–water partition coefficient (Wildman–Crippen LogP) is 2.17. The van der Waals surface area contributed by atoms with Crippen molar-refractivity contribution in [3.05, 3.63) is 48.0 Å². The summed E-state index contributed by atoms with van der Waals surface area (Å²) in [5, 5.41) is 10.5. The van der Waals surface area contributed by atoms with Crippen molar-refractivity contribution in [2.45, 2.75) is 6.10 Å². The third-order valence-corrected chi connectivity index (χ3v) is 4.98. The summed E-state index contributed by atoms with van der Waals surface area (Å²) >= 11 is 0. The van der Waals surface area contributed by atoms with Crippen molar-refractivity contribution in [1.29, 1.82) is 0 Å². The van der Waals surface area contributed by atoms with Gasteiger partial charge in [-0.25, -0.2) is 0 Å². The van der Waals surface area contributed by atoms with E-state index in [2.05, 4.69) is 4.98 Å². The number of anilines is 1. The fourth-order valence-corrected chi connectivity index (χ4v) is 3.56. The molecule has 1 aromatic heterocycles. The molecule has 8 nitrogen and oxygen atoms in total. The minimum absolute atomic E-state index is 0.191. The highest BCUT2D eigenvalue weighted by Crippen LogP contribution is 2.30. The van der Waals surface area contributed by atoms with Crippen molar-refractivity contribution in [3.63, 3.8) is 0 Å². The largest absolute Gasteiger partial charge is 0.496 e. The van der Waals surface area contributed by atoms with Gasteiger partial charge in [-0.05, 0) is 24.3 Å². The number of amides is 1. The molecule has 0 spiro atoms. The Kier molecular flexibility index (Phi) is 5.26. The van der Waals surface area contributed by atoms with Gasteiger partial charge in [0.15, 0.2) is 5.58 Å². The zero-order valence-electron chi connectivity index (χ0n) is 16.4. The topological polar surface area (TPSA) is 88.3 Å². The van der Waals surface area contributed by atoms with Crippen LogP contribution < -0.4 is 14.4 Å². The van der Waals surface area contributed by atoms with Gasteiger partial charge in [0, 0.05) is 19.6 Å². The molecule has 3 aromatic rings. The monoisotopic (exact) mass is 397 g/mol. The quantitative estimate of drug-likeness (QED) is 0.722. The third-order valence-electron chi connectivity index (χ3n) is 4.98. The maximum Gasteiger partial charge on any atom is 0.298 e. The van der Waals surface area contributed by atoms with Crippen LogP contribution in [0.4, 0.5) is 6.01 Å². The van der Waals surface area contributed by atoms with E-state index in [0.29, 0.717) is 48.3 Å². The molecule has 29 heavy (non-hydrogen) atoms. The van der Waals surface area contributed by atoms with Gasteiger partial charge in [-0.3, -0.25) is 4.79 Å². The van der Waals surface area contributed by atoms with Crippen LogP contribution in [0.25, 0.3) is 11.1 Å². The number of hydrogen-bond acceptors (Lipinski definition) is 7. The molecular weight excluding hydrogens is 374 g/mol. The van der Waals surface area contributed by atoms with Gasteiger partial charge >= 0.3 is 0 Å². The lowest BCUT2D eigenvalue weighted by atomic mass is 10.1. The summed E-state index contributed by atoms with van der Waals surface area (Å²) in [5.41, 5.74) is 1.79. The SMILES string of the molecule is COc1cccc(OC)c1C(=O)N1CCN(c2nc3ccccc3o2)CC(O)C1. The van der Waals surface area contributed by atoms with Crippen LogP contribution in [-0.2, 0) is 0 Å². The molecule has 0 aliphatic carbocycles. The summed E-state index contributed by atoms with van der Waals surface area (Å²) in [6, 6.07) is 13.1. The van der Waals surface area contributed by atoms with E-state index in [-0.39, 0.29) is 12.5 Å². The van der Waals surface area contributed by atoms with E-state index in [9.17, 15) is 9.90 Å². The molecular formula is C21H23N3O5. The lowest BCUT2D eigenvalue weighted by Crippen LogP contribution is -2.38. The fourth-order valence-electron chi connectivity index (χ4n) is 3.56. The molecule has 1 aliphatic heterocycles. The lowest BCUT2D eigenvalue weighted by Gasteiger charge is -2.23. The van der Waals surface area contributed by atoms with Gasteiger partial charge < -0.3 is 28.8 Å². The first-order chi connectivity index (χ1) is 14.1. The van der Waals surface area contributed by atoms with E-state index in [1.54, 1.807) is 23.1 Å². The van der Waals surface area contributed by atoms with Gasteiger partial charge in [0.2, 0.25) is 0 Å². The Morgan fingerprint density at radius 3 is 2.48 bits per heavy atom. The molecule has 1 unspecified atom stereocenters. The molecule has 1 aliphatic rings. The van der Waals surface area contributed by atoms with Crippen LogP contribution in [0.2, 0.25) is 0 Å². The first-order valence-corrected chi connectivity index (χ1v) is 9.39. The highest BCUT2D eigenvalue weighted by atomic mass is 16.5. The first-order valence-electron chi connectivity index (χ1n) is 9.39. The number of aromatic nitrogens is 1. The number of nitrogens with zero attached hydrogens (tertiary/aromatic N) is 3. The zero-order valence-corrected chi connectivity index (χ0v) is 16.4. The molecule has 4 rings (SSSR count). The molecule has 1 N–H and O–H groups in total. The van der Waals surface area contributed by atoms with Crippen LogP contribution in [0, 0.1) is 0 Å². The van der Waals surface area contributed by atoms with E-state index >= 15 is 0 Å². The highest BCUT2D eigenvalue weighted by Gasteiger charge is 2.30. The Morgan fingerprint density at radius 2 is 1.79 bits per heavy atom. The van der Waals surface area contributed by atoms with Crippen molar-refractivity contribution in [1.82, 2.24) is 9.88 Å². The van der Waals surface area contributed by atoms with Gasteiger partial charge in [-0.2, -0.15) is 4.98 Å². The standard InChI is InChI=1S/C21H23N3O5/c1-27-17-8-5-9-18(28-2)19(17)20(26)23-10-11-24(13-14(25)12-23)21-22-15-6-3-4-7-16(15)29-21/h3-9,14,25H,10-13H2,1-2H3. The number of fused-ring (bicyclic) bond motifs is 1. The van der Waals surface area contributed by atoms with Crippen LogP contribution >= 0.6 is 0 Å². The number of ether oxygens (including phenoxy) is 2. The average molecular weight is 397 g/mol. The summed E-state index contributed by atoms with van der Waals surface area (Å²) in [5.74, 6) is 0.616. The van der Waals surface area contributed by atoms with Gasteiger partial charge in [0.05, 0.1) is 26.9 Å². The number of rotatable bonds is 4. The van der Waals surface area contributed by atoms with Crippen molar-refractivity contribution in [2.24, 2.45) is 0 Å². The summed E-state index contributed by atoms with van der Waals surface area (Å²) < 4.78 is 16.5. The van der Waals surface area contributed by atoms with Crippen molar-refractivity contribution in [2.75, 3.05) is 45.3 Å². The summed E-state index contributed by atoms with van der Waals surface area (Å²) in [4.78, 5) is 21.2. The second-order valence-corrected chi connectivity index (χ2v) is 6.85. The van der Waals surface area contributed by atoms with E-state index in [4.69, 9.17) is 13.9 Å². The third kappa shape index (κ3) is 3.71. The average Bonchev–Trinajstić information content (AvgIpc) is 3.08. The molecule has 1 fully saturated rings. The Bertz CT molecular complexity index is 963. The fraction of sp³-hybridized carbons (Fsp3) is 0.333. The van der Waals surface area contributed by atoms with Crippen LogP contribution in [-0.4, -0.2) is 67.4 Å². The van der Waals surface area contributed by atoms with Crippen LogP contribution in [0.5, 0.6) is 11.5 Å². The van der Waals surface area contributed by atoms with Gasteiger partial charge in [-0.1, -0.05) is 18.2 Å². The van der Waals surface area contributed by atoms with Gasteiger partial charge in [0.25, 0.3) is 11.9 Å².